The number of carboxylic acid groups (broad SMARTS) is 1. The van der Waals surface area contributed by atoms with Crippen molar-refractivity contribution < 1.29 is 14.7 Å². The van der Waals surface area contributed by atoms with E-state index >= 15 is 0 Å². The van der Waals surface area contributed by atoms with Crippen molar-refractivity contribution in [3.8, 4) is 0 Å². The van der Waals surface area contributed by atoms with E-state index in [0.29, 0.717) is 5.02 Å². The van der Waals surface area contributed by atoms with Crippen molar-refractivity contribution in [3.05, 3.63) is 34.3 Å². The summed E-state index contributed by atoms with van der Waals surface area (Å²) in [5.41, 5.74) is 1.06. The Kier molecular flexibility index (Phi) is 3.90. The van der Waals surface area contributed by atoms with Crippen molar-refractivity contribution in [2.75, 3.05) is 0 Å². The molecule has 1 aromatic rings. The number of amides is 1. The van der Waals surface area contributed by atoms with E-state index in [2.05, 4.69) is 5.32 Å². The van der Waals surface area contributed by atoms with Crippen LogP contribution in [0.25, 0.3) is 0 Å². The Labute approximate surface area is 98.2 Å². The van der Waals surface area contributed by atoms with Crippen molar-refractivity contribution in [2.45, 2.75) is 19.9 Å². The lowest BCUT2D eigenvalue weighted by molar-refractivity contribution is -0.138. The molecule has 0 saturated carbocycles. The van der Waals surface area contributed by atoms with E-state index in [9.17, 15) is 9.59 Å². The minimum Gasteiger partial charge on any atom is -0.480 e. The van der Waals surface area contributed by atoms with Crippen molar-refractivity contribution in [3.63, 3.8) is 0 Å². The Balaban J connectivity index is 2.89. The van der Waals surface area contributed by atoms with Crippen LogP contribution < -0.4 is 5.32 Å². The molecule has 16 heavy (non-hydrogen) atoms. The van der Waals surface area contributed by atoms with Crippen LogP contribution in [0.2, 0.25) is 5.02 Å². The van der Waals surface area contributed by atoms with Gasteiger partial charge in [0.25, 0.3) is 5.91 Å². The van der Waals surface area contributed by atoms with Gasteiger partial charge in [-0.3, -0.25) is 9.59 Å². The van der Waals surface area contributed by atoms with Gasteiger partial charge in [0.1, 0.15) is 6.04 Å². The standard InChI is InChI=1S/C11H12ClNO3/c1-6-4-3-5-8(9(6)12)10(14)13-7(2)11(15)16/h3-5,7H,1-2H3,(H,13,14)(H,15,16). The topological polar surface area (TPSA) is 66.4 Å². The number of carbonyl (C=O) groups is 2. The Morgan fingerprint density at radius 3 is 2.62 bits per heavy atom. The van der Waals surface area contributed by atoms with Gasteiger partial charge >= 0.3 is 5.97 Å². The smallest absolute Gasteiger partial charge is 0.325 e. The number of halogens is 1. The lowest BCUT2D eigenvalue weighted by Crippen LogP contribution is -2.38. The van der Waals surface area contributed by atoms with Gasteiger partial charge in [0.2, 0.25) is 0 Å². The monoisotopic (exact) mass is 241 g/mol. The van der Waals surface area contributed by atoms with Crippen LogP contribution in [0, 0.1) is 6.92 Å². The molecule has 5 heteroatoms. The van der Waals surface area contributed by atoms with Gasteiger partial charge in [-0.15, -0.1) is 0 Å². The van der Waals surface area contributed by atoms with E-state index in [4.69, 9.17) is 16.7 Å². The zero-order valence-corrected chi connectivity index (χ0v) is 9.71. The molecule has 0 spiro atoms. The van der Waals surface area contributed by atoms with Crippen LogP contribution in [0.1, 0.15) is 22.8 Å². The summed E-state index contributed by atoms with van der Waals surface area (Å²) in [6.45, 7) is 3.17. The van der Waals surface area contributed by atoms with E-state index in [1.165, 1.54) is 6.92 Å². The van der Waals surface area contributed by atoms with Crippen molar-refractivity contribution >= 4 is 23.5 Å². The van der Waals surface area contributed by atoms with Gasteiger partial charge in [-0.05, 0) is 25.5 Å². The molecule has 4 nitrogen and oxygen atoms in total. The molecular weight excluding hydrogens is 230 g/mol. The molecule has 0 aliphatic carbocycles. The minimum atomic E-state index is -1.09. The number of aliphatic carboxylic acids is 1. The highest BCUT2D eigenvalue weighted by molar-refractivity contribution is 6.34. The Hall–Kier alpha value is -1.55. The summed E-state index contributed by atoms with van der Waals surface area (Å²) in [6, 6.07) is 4.09. The fraction of sp³-hybridized carbons (Fsp3) is 0.273. The van der Waals surface area contributed by atoms with E-state index in [-0.39, 0.29) is 5.56 Å². The number of rotatable bonds is 3. The van der Waals surface area contributed by atoms with Gasteiger partial charge < -0.3 is 10.4 Å². The van der Waals surface area contributed by atoms with Gasteiger partial charge in [0, 0.05) is 0 Å². The number of hydrogen-bond acceptors (Lipinski definition) is 2. The van der Waals surface area contributed by atoms with Crippen LogP contribution in [-0.4, -0.2) is 23.0 Å². The highest BCUT2D eigenvalue weighted by Gasteiger charge is 2.17. The summed E-state index contributed by atoms with van der Waals surface area (Å²) < 4.78 is 0. The fourth-order valence-electron chi connectivity index (χ4n) is 1.16. The van der Waals surface area contributed by atoms with E-state index in [1.54, 1.807) is 25.1 Å². The normalized spacial score (nSPS) is 11.9. The fourth-order valence-corrected chi connectivity index (χ4v) is 1.37. The molecule has 1 amide bonds. The van der Waals surface area contributed by atoms with Crippen LogP contribution in [0.3, 0.4) is 0 Å². The zero-order chi connectivity index (χ0) is 12.3. The number of carboxylic acids is 1. The first-order chi connectivity index (χ1) is 7.43. The molecule has 0 aliphatic rings. The van der Waals surface area contributed by atoms with E-state index in [1.807, 2.05) is 0 Å². The van der Waals surface area contributed by atoms with Crippen LogP contribution in [0.4, 0.5) is 0 Å². The molecule has 1 rings (SSSR count). The summed E-state index contributed by atoms with van der Waals surface area (Å²) in [4.78, 5) is 22.2. The number of carbonyl (C=O) groups excluding carboxylic acids is 1. The zero-order valence-electron chi connectivity index (χ0n) is 8.95. The Bertz CT molecular complexity index is 431. The molecule has 0 radical (unpaired) electrons. The van der Waals surface area contributed by atoms with Gasteiger partial charge in [0.05, 0.1) is 10.6 Å². The molecule has 0 bridgehead atoms. The van der Waals surface area contributed by atoms with Gasteiger partial charge in [-0.25, -0.2) is 0 Å². The van der Waals surface area contributed by atoms with Crippen molar-refractivity contribution in [1.82, 2.24) is 5.32 Å². The molecule has 0 aliphatic heterocycles. The second-order valence-corrected chi connectivity index (χ2v) is 3.85. The van der Waals surface area contributed by atoms with Crippen LogP contribution in [-0.2, 0) is 4.79 Å². The number of hydrogen-bond donors (Lipinski definition) is 2. The summed E-state index contributed by atoms with van der Waals surface area (Å²) in [5.74, 6) is -1.57. The van der Waals surface area contributed by atoms with Gasteiger partial charge in [0.15, 0.2) is 0 Å². The predicted octanol–water partition coefficient (Wildman–Crippen LogP) is 1.85. The molecule has 86 valence electrons. The third kappa shape index (κ3) is 2.73. The highest BCUT2D eigenvalue weighted by Crippen LogP contribution is 2.20. The maximum atomic E-state index is 11.7. The molecule has 0 aromatic heterocycles. The second kappa shape index (κ2) is 4.99. The van der Waals surface area contributed by atoms with Crippen molar-refractivity contribution in [1.29, 1.82) is 0 Å². The molecule has 1 atom stereocenters. The molecule has 2 N–H and O–H groups in total. The Morgan fingerprint density at radius 2 is 2.06 bits per heavy atom. The van der Waals surface area contributed by atoms with Gasteiger partial charge in [-0.1, -0.05) is 23.7 Å². The molecular formula is C11H12ClNO3. The quantitative estimate of drug-likeness (QED) is 0.849. The third-order valence-corrected chi connectivity index (χ3v) is 2.66. The molecule has 1 unspecified atom stereocenters. The summed E-state index contributed by atoms with van der Waals surface area (Å²) in [5, 5.41) is 11.3. The summed E-state index contributed by atoms with van der Waals surface area (Å²) in [6.07, 6.45) is 0. The molecule has 1 aromatic carbocycles. The third-order valence-electron chi connectivity index (χ3n) is 2.15. The Morgan fingerprint density at radius 1 is 1.44 bits per heavy atom. The minimum absolute atomic E-state index is 0.287. The average Bonchev–Trinajstić information content (AvgIpc) is 2.21. The first-order valence-corrected chi connectivity index (χ1v) is 5.10. The van der Waals surface area contributed by atoms with E-state index < -0.39 is 17.9 Å². The summed E-state index contributed by atoms with van der Waals surface area (Å²) in [7, 11) is 0. The number of benzene rings is 1. The van der Waals surface area contributed by atoms with Crippen molar-refractivity contribution in [2.24, 2.45) is 0 Å². The SMILES string of the molecule is Cc1cccc(C(=O)NC(C)C(=O)O)c1Cl. The lowest BCUT2D eigenvalue weighted by Gasteiger charge is -2.11. The summed E-state index contributed by atoms with van der Waals surface area (Å²) >= 11 is 5.94. The highest BCUT2D eigenvalue weighted by atomic mass is 35.5. The number of nitrogens with one attached hydrogen (secondary N) is 1. The molecule has 0 heterocycles. The average molecular weight is 242 g/mol. The van der Waals surface area contributed by atoms with Gasteiger partial charge in [-0.2, -0.15) is 0 Å². The largest absolute Gasteiger partial charge is 0.480 e. The second-order valence-electron chi connectivity index (χ2n) is 3.47. The maximum absolute atomic E-state index is 11.7. The van der Waals surface area contributed by atoms with Crippen LogP contribution >= 0.6 is 11.6 Å². The van der Waals surface area contributed by atoms with Crippen LogP contribution in [0.15, 0.2) is 18.2 Å². The van der Waals surface area contributed by atoms with E-state index in [0.717, 1.165) is 5.56 Å². The lowest BCUT2D eigenvalue weighted by atomic mass is 10.1. The molecule has 0 saturated heterocycles. The predicted molar refractivity (Wildman–Crippen MR) is 60.8 cm³/mol. The van der Waals surface area contributed by atoms with Crippen LogP contribution in [0.5, 0.6) is 0 Å². The number of aryl methyl sites for hydroxylation is 1. The first-order valence-electron chi connectivity index (χ1n) is 4.72. The maximum Gasteiger partial charge on any atom is 0.325 e. The molecule has 0 fully saturated rings. The first kappa shape index (κ1) is 12.5.